The maximum Gasteiger partial charge on any atom is 0.409 e. The normalized spacial score (nSPS) is 14.9. The summed E-state index contributed by atoms with van der Waals surface area (Å²) >= 11 is 1.28. The second kappa shape index (κ2) is 12.1. The number of aromatic nitrogens is 1. The highest BCUT2D eigenvalue weighted by molar-refractivity contribution is 7.89. The first-order valence-electron chi connectivity index (χ1n) is 12.6. The smallest absolute Gasteiger partial charge is 0.409 e. The molecule has 0 N–H and O–H groups in total. The van der Waals surface area contributed by atoms with Crippen LogP contribution < -0.4 is 4.80 Å². The largest absolute Gasteiger partial charge is 0.462 e. The number of thiazole rings is 1. The quantitative estimate of drug-likeness (QED) is 0.397. The minimum absolute atomic E-state index is 0.0561. The van der Waals surface area contributed by atoms with Crippen LogP contribution in [-0.4, -0.2) is 79.6 Å². The first-order chi connectivity index (χ1) is 18.7. The van der Waals surface area contributed by atoms with Crippen LogP contribution in [0.1, 0.15) is 41.5 Å². The lowest BCUT2D eigenvalue weighted by Gasteiger charge is -2.33. The molecule has 0 saturated carbocycles. The molecule has 0 atom stereocenters. The molecule has 1 saturated heterocycles. The van der Waals surface area contributed by atoms with Crippen LogP contribution in [0.5, 0.6) is 0 Å². The Morgan fingerprint density at radius 3 is 2.15 bits per heavy atom. The van der Waals surface area contributed by atoms with Crippen LogP contribution in [-0.2, 0) is 26.0 Å². The number of rotatable bonds is 7. The second-order valence-electron chi connectivity index (χ2n) is 8.56. The van der Waals surface area contributed by atoms with E-state index in [1.165, 1.54) is 44.8 Å². The van der Waals surface area contributed by atoms with E-state index >= 15 is 0 Å². The Labute approximate surface area is 230 Å². The van der Waals surface area contributed by atoms with Gasteiger partial charge in [-0.15, -0.1) is 0 Å². The maximum atomic E-state index is 13.1. The van der Waals surface area contributed by atoms with Gasteiger partial charge in [0.05, 0.1) is 33.9 Å². The van der Waals surface area contributed by atoms with Crippen LogP contribution in [0.4, 0.5) is 4.79 Å². The van der Waals surface area contributed by atoms with Gasteiger partial charge in [0.1, 0.15) is 0 Å². The Morgan fingerprint density at radius 1 is 0.897 bits per heavy atom. The molecule has 0 bridgehead atoms. The van der Waals surface area contributed by atoms with Crippen molar-refractivity contribution < 1.29 is 32.3 Å². The Bertz CT molecular complexity index is 1550. The fourth-order valence-corrected chi connectivity index (χ4v) is 6.76. The number of hydrogen-bond donors (Lipinski definition) is 0. The summed E-state index contributed by atoms with van der Waals surface area (Å²) in [5, 5.41) is 0. The standard InChI is InChI=1S/C26H30N4O7S2/c1-4-30-21-12-9-19(24(32)36-5-2)17-22(21)38-25(30)27-23(31)18-7-10-20(11-8-18)39(34,35)29-15-13-28(14-16-29)26(33)37-6-3/h7-12,17H,4-6,13-16H2,1-3H3. The van der Waals surface area contributed by atoms with E-state index in [0.29, 0.717) is 16.9 Å². The van der Waals surface area contributed by atoms with Gasteiger partial charge in [0, 0.05) is 38.3 Å². The van der Waals surface area contributed by atoms with Crippen molar-refractivity contribution in [2.75, 3.05) is 39.4 Å². The summed E-state index contributed by atoms with van der Waals surface area (Å²) in [6, 6.07) is 10.9. The van der Waals surface area contributed by atoms with Crippen LogP contribution >= 0.6 is 11.3 Å². The number of esters is 1. The summed E-state index contributed by atoms with van der Waals surface area (Å²) in [5.41, 5.74) is 1.51. The summed E-state index contributed by atoms with van der Waals surface area (Å²) < 4.78 is 40.3. The topological polar surface area (TPSA) is 128 Å². The molecular formula is C26H30N4O7S2. The molecule has 13 heteroatoms. The predicted octanol–water partition coefficient (Wildman–Crippen LogP) is 3.10. The van der Waals surface area contributed by atoms with Crippen molar-refractivity contribution in [3.05, 3.63) is 58.4 Å². The summed E-state index contributed by atoms with van der Waals surface area (Å²) in [7, 11) is -3.80. The van der Waals surface area contributed by atoms with Crippen molar-refractivity contribution in [3.63, 3.8) is 0 Å². The maximum absolute atomic E-state index is 13.1. The highest BCUT2D eigenvalue weighted by atomic mass is 32.2. The summed E-state index contributed by atoms with van der Waals surface area (Å²) in [6.45, 7) is 7.26. The molecule has 2 amide bonds. The van der Waals surface area contributed by atoms with Gasteiger partial charge in [0.25, 0.3) is 5.91 Å². The molecule has 4 rings (SSSR count). The molecule has 11 nitrogen and oxygen atoms in total. The van der Waals surface area contributed by atoms with Crippen LogP contribution in [0, 0.1) is 0 Å². The van der Waals surface area contributed by atoms with Crippen molar-refractivity contribution in [2.45, 2.75) is 32.2 Å². The second-order valence-corrected chi connectivity index (χ2v) is 11.5. The van der Waals surface area contributed by atoms with Gasteiger partial charge >= 0.3 is 12.1 Å². The van der Waals surface area contributed by atoms with E-state index < -0.39 is 28.0 Å². The lowest BCUT2D eigenvalue weighted by Crippen LogP contribution is -2.50. The molecule has 0 radical (unpaired) electrons. The van der Waals surface area contributed by atoms with Gasteiger partial charge in [-0.1, -0.05) is 11.3 Å². The van der Waals surface area contributed by atoms with Crippen molar-refractivity contribution in [1.29, 1.82) is 0 Å². The third-order valence-corrected chi connectivity index (χ3v) is 9.17. The number of nitrogens with zero attached hydrogens (tertiary/aromatic N) is 4. The van der Waals surface area contributed by atoms with E-state index in [1.807, 2.05) is 11.5 Å². The average Bonchev–Trinajstić information content (AvgIpc) is 3.29. The number of fused-ring (bicyclic) bond motifs is 1. The molecule has 1 aromatic heterocycles. The van der Waals surface area contributed by atoms with Crippen LogP contribution in [0.25, 0.3) is 10.2 Å². The number of carbonyl (C=O) groups excluding carboxylic acids is 3. The molecule has 0 unspecified atom stereocenters. The first-order valence-corrected chi connectivity index (χ1v) is 14.9. The molecule has 2 heterocycles. The lowest BCUT2D eigenvalue weighted by atomic mass is 10.2. The zero-order chi connectivity index (χ0) is 28.2. The van der Waals surface area contributed by atoms with Crippen molar-refractivity contribution in [2.24, 2.45) is 4.99 Å². The Hall–Kier alpha value is -3.55. The van der Waals surface area contributed by atoms with Gasteiger partial charge < -0.3 is 18.9 Å². The third-order valence-electron chi connectivity index (χ3n) is 6.21. The molecule has 2 aromatic carbocycles. The molecule has 1 aliphatic heterocycles. The van der Waals surface area contributed by atoms with Gasteiger partial charge in [-0.25, -0.2) is 18.0 Å². The van der Waals surface area contributed by atoms with E-state index in [9.17, 15) is 22.8 Å². The Kier molecular flexibility index (Phi) is 8.83. The number of hydrogen-bond acceptors (Lipinski definition) is 8. The molecule has 39 heavy (non-hydrogen) atoms. The van der Waals surface area contributed by atoms with Crippen molar-refractivity contribution >= 4 is 49.5 Å². The Morgan fingerprint density at radius 2 is 1.54 bits per heavy atom. The van der Waals surface area contributed by atoms with Gasteiger partial charge in [-0.3, -0.25) is 4.79 Å². The van der Waals surface area contributed by atoms with Gasteiger partial charge in [-0.05, 0) is 63.2 Å². The minimum Gasteiger partial charge on any atom is -0.462 e. The van der Waals surface area contributed by atoms with Crippen molar-refractivity contribution in [1.82, 2.24) is 13.8 Å². The SMILES string of the molecule is CCOC(=O)c1ccc2c(c1)sc(=NC(=O)c1ccc(S(=O)(=O)N3CCN(C(=O)OCC)CC3)cc1)n2CC. The summed E-state index contributed by atoms with van der Waals surface area (Å²) in [5.74, 6) is -0.928. The highest BCUT2D eigenvalue weighted by Gasteiger charge is 2.30. The van der Waals surface area contributed by atoms with Crippen LogP contribution in [0.2, 0.25) is 0 Å². The number of sulfonamides is 1. The van der Waals surface area contributed by atoms with Gasteiger partial charge in [0.2, 0.25) is 10.0 Å². The van der Waals surface area contributed by atoms with Crippen LogP contribution in [0.3, 0.4) is 0 Å². The number of ether oxygens (including phenoxy) is 2. The third kappa shape index (κ3) is 6.05. The first kappa shape index (κ1) is 28.5. The lowest BCUT2D eigenvalue weighted by molar-refractivity contribution is 0.0526. The molecule has 0 aliphatic carbocycles. The predicted molar refractivity (Wildman–Crippen MR) is 145 cm³/mol. The fourth-order valence-electron chi connectivity index (χ4n) is 4.20. The number of benzene rings is 2. The van der Waals surface area contributed by atoms with Gasteiger partial charge in [0.15, 0.2) is 4.80 Å². The van der Waals surface area contributed by atoms with E-state index in [0.717, 1.165) is 10.2 Å². The monoisotopic (exact) mass is 574 g/mol. The average molecular weight is 575 g/mol. The molecule has 3 aromatic rings. The number of amides is 2. The van der Waals surface area contributed by atoms with E-state index in [-0.39, 0.29) is 49.9 Å². The molecule has 1 fully saturated rings. The summed E-state index contributed by atoms with van der Waals surface area (Å²) in [6.07, 6.45) is -0.455. The van der Waals surface area contributed by atoms with Crippen molar-refractivity contribution in [3.8, 4) is 0 Å². The Balaban J connectivity index is 1.53. The van der Waals surface area contributed by atoms with Crippen LogP contribution in [0.15, 0.2) is 52.4 Å². The minimum atomic E-state index is -3.80. The van der Waals surface area contributed by atoms with E-state index in [4.69, 9.17) is 9.47 Å². The molecular weight excluding hydrogens is 544 g/mol. The fraction of sp³-hybridized carbons (Fsp3) is 0.385. The highest BCUT2D eigenvalue weighted by Crippen LogP contribution is 2.21. The zero-order valence-corrected chi connectivity index (χ0v) is 23.6. The molecule has 1 aliphatic rings. The zero-order valence-electron chi connectivity index (χ0n) is 22.0. The number of carbonyl (C=O) groups is 3. The molecule has 208 valence electrons. The van der Waals surface area contributed by atoms with E-state index in [1.54, 1.807) is 32.0 Å². The summed E-state index contributed by atoms with van der Waals surface area (Å²) in [4.78, 5) is 43.3. The van der Waals surface area contributed by atoms with E-state index in [2.05, 4.69) is 4.99 Å². The molecule has 0 spiro atoms. The number of piperazine rings is 1. The number of aryl methyl sites for hydroxylation is 1. The van der Waals surface area contributed by atoms with Gasteiger partial charge in [-0.2, -0.15) is 9.30 Å².